The van der Waals surface area contributed by atoms with Crippen molar-refractivity contribution in [3.05, 3.63) is 24.5 Å². The molecule has 0 saturated heterocycles. The number of sulfonamides is 1. The summed E-state index contributed by atoms with van der Waals surface area (Å²) in [5.74, 6) is 0. The second-order valence-electron chi connectivity index (χ2n) is 5.13. The van der Waals surface area contributed by atoms with Gasteiger partial charge in [-0.15, -0.1) is 0 Å². The molecule has 6 nitrogen and oxygen atoms in total. The Bertz CT molecular complexity index is 710. The highest BCUT2D eigenvalue weighted by atomic mass is 32.2. The summed E-state index contributed by atoms with van der Waals surface area (Å²) in [6.07, 6.45) is 5.62. The summed E-state index contributed by atoms with van der Waals surface area (Å²) in [6, 6.07) is 3.00. The van der Waals surface area contributed by atoms with Crippen LogP contribution in [0.3, 0.4) is 0 Å². The van der Waals surface area contributed by atoms with Crippen molar-refractivity contribution in [2.45, 2.75) is 42.7 Å². The molecule has 0 aliphatic heterocycles. The van der Waals surface area contributed by atoms with Crippen molar-refractivity contribution in [2.75, 3.05) is 0 Å². The van der Waals surface area contributed by atoms with Gasteiger partial charge in [-0.3, -0.25) is 0 Å². The van der Waals surface area contributed by atoms with E-state index in [1.54, 1.807) is 18.3 Å². The molecule has 1 aliphatic rings. The molecule has 20 heavy (non-hydrogen) atoms. The van der Waals surface area contributed by atoms with Crippen molar-refractivity contribution in [3.8, 4) is 0 Å². The lowest BCUT2D eigenvalue weighted by atomic mass is 9.93. The minimum absolute atomic E-state index is 0.179. The van der Waals surface area contributed by atoms with Gasteiger partial charge in [0.05, 0.1) is 6.10 Å². The molecule has 0 amide bonds. The predicted octanol–water partition coefficient (Wildman–Crippen LogP) is 1.14. The maximum atomic E-state index is 12.5. The van der Waals surface area contributed by atoms with Crippen LogP contribution in [-0.2, 0) is 10.0 Å². The Kier molecular flexibility index (Phi) is 3.49. The molecule has 0 bridgehead atoms. The molecule has 0 unspecified atom stereocenters. The van der Waals surface area contributed by atoms with Gasteiger partial charge in [-0.05, 0) is 25.0 Å². The van der Waals surface area contributed by atoms with Crippen molar-refractivity contribution < 1.29 is 13.5 Å². The zero-order valence-electron chi connectivity index (χ0n) is 10.9. The van der Waals surface area contributed by atoms with E-state index in [2.05, 4.69) is 14.7 Å². The summed E-state index contributed by atoms with van der Waals surface area (Å²) >= 11 is 0. The van der Waals surface area contributed by atoms with Crippen LogP contribution in [0.25, 0.3) is 11.0 Å². The minimum atomic E-state index is -3.66. The second-order valence-corrected chi connectivity index (χ2v) is 6.81. The Labute approximate surface area is 117 Å². The number of aliphatic hydroxyl groups is 1. The number of aromatic nitrogens is 2. The van der Waals surface area contributed by atoms with E-state index >= 15 is 0 Å². The molecule has 0 aromatic carbocycles. The monoisotopic (exact) mass is 295 g/mol. The number of nitrogens with one attached hydrogen (secondary N) is 2. The Morgan fingerprint density at radius 1 is 1.35 bits per heavy atom. The largest absolute Gasteiger partial charge is 0.391 e. The van der Waals surface area contributed by atoms with Gasteiger partial charge < -0.3 is 10.1 Å². The highest BCUT2D eigenvalue weighted by molar-refractivity contribution is 7.89. The van der Waals surface area contributed by atoms with Gasteiger partial charge in [0.2, 0.25) is 10.0 Å². The van der Waals surface area contributed by atoms with E-state index in [9.17, 15) is 13.5 Å². The highest BCUT2D eigenvalue weighted by Crippen LogP contribution is 2.24. The fourth-order valence-corrected chi connectivity index (χ4v) is 4.13. The van der Waals surface area contributed by atoms with Crippen LogP contribution in [-0.4, -0.2) is 35.6 Å². The highest BCUT2D eigenvalue weighted by Gasteiger charge is 2.29. The van der Waals surface area contributed by atoms with Crippen LogP contribution in [0.4, 0.5) is 0 Å². The standard InChI is InChI=1S/C13H17N3O3S/c17-11-6-2-1-5-10(11)16-20(18,19)12-8-15-13-9(12)4-3-7-14-13/h3-4,7-8,10-11,16-17H,1-2,5-6H2,(H,14,15)/t10-,11-/m0/s1. The van der Waals surface area contributed by atoms with Crippen LogP contribution in [0.15, 0.2) is 29.4 Å². The molecule has 0 radical (unpaired) electrons. The number of fused-ring (bicyclic) bond motifs is 1. The number of pyridine rings is 1. The third-order valence-corrected chi connectivity index (χ3v) is 5.27. The number of H-pyrrole nitrogens is 1. The van der Waals surface area contributed by atoms with Crippen molar-refractivity contribution in [1.82, 2.24) is 14.7 Å². The molecule has 7 heteroatoms. The normalized spacial score (nSPS) is 24.1. The first-order chi connectivity index (χ1) is 9.58. The van der Waals surface area contributed by atoms with Gasteiger partial charge in [0.1, 0.15) is 10.5 Å². The fourth-order valence-electron chi connectivity index (χ4n) is 2.66. The van der Waals surface area contributed by atoms with Crippen LogP contribution < -0.4 is 4.72 Å². The van der Waals surface area contributed by atoms with Gasteiger partial charge >= 0.3 is 0 Å². The molecular weight excluding hydrogens is 278 g/mol. The smallest absolute Gasteiger partial charge is 0.243 e. The fraction of sp³-hybridized carbons (Fsp3) is 0.462. The topological polar surface area (TPSA) is 95.1 Å². The van der Waals surface area contributed by atoms with E-state index in [0.717, 1.165) is 12.8 Å². The molecule has 2 atom stereocenters. The van der Waals surface area contributed by atoms with Crippen LogP contribution in [0.5, 0.6) is 0 Å². The molecule has 108 valence electrons. The van der Waals surface area contributed by atoms with Crippen LogP contribution in [0.1, 0.15) is 25.7 Å². The lowest BCUT2D eigenvalue weighted by Crippen LogP contribution is -2.44. The van der Waals surface area contributed by atoms with E-state index in [4.69, 9.17) is 0 Å². The van der Waals surface area contributed by atoms with Gasteiger partial charge in [0, 0.05) is 23.8 Å². The van der Waals surface area contributed by atoms with Crippen molar-refractivity contribution in [2.24, 2.45) is 0 Å². The Hall–Kier alpha value is -1.44. The summed E-state index contributed by atoms with van der Waals surface area (Å²) in [7, 11) is -3.66. The molecule has 2 heterocycles. The summed E-state index contributed by atoms with van der Waals surface area (Å²) in [5, 5.41) is 10.5. The number of hydrogen-bond acceptors (Lipinski definition) is 4. The van der Waals surface area contributed by atoms with Crippen molar-refractivity contribution in [1.29, 1.82) is 0 Å². The van der Waals surface area contributed by atoms with E-state index in [-0.39, 0.29) is 4.90 Å². The van der Waals surface area contributed by atoms with Crippen LogP contribution >= 0.6 is 0 Å². The number of aliphatic hydroxyl groups excluding tert-OH is 1. The number of hydrogen-bond donors (Lipinski definition) is 3. The number of nitrogens with zero attached hydrogens (tertiary/aromatic N) is 1. The van der Waals surface area contributed by atoms with E-state index in [1.807, 2.05) is 0 Å². The summed E-state index contributed by atoms with van der Waals surface area (Å²) in [5.41, 5.74) is 0.539. The lowest BCUT2D eigenvalue weighted by Gasteiger charge is -2.27. The molecule has 3 N–H and O–H groups in total. The number of aromatic amines is 1. The Balaban J connectivity index is 1.91. The second kappa shape index (κ2) is 5.16. The quantitative estimate of drug-likeness (QED) is 0.791. The lowest BCUT2D eigenvalue weighted by molar-refractivity contribution is 0.101. The molecular formula is C13H17N3O3S. The first kappa shape index (κ1) is 13.5. The molecule has 1 aliphatic carbocycles. The van der Waals surface area contributed by atoms with Gasteiger partial charge in [0.25, 0.3) is 0 Å². The summed E-state index contributed by atoms with van der Waals surface area (Å²) in [6.45, 7) is 0. The van der Waals surface area contributed by atoms with Crippen molar-refractivity contribution >= 4 is 21.1 Å². The molecule has 2 aromatic heterocycles. The average Bonchev–Trinajstić information content (AvgIpc) is 2.86. The predicted molar refractivity (Wildman–Crippen MR) is 74.7 cm³/mol. The van der Waals surface area contributed by atoms with Gasteiger partial charge in [-0.25, -0.2) is 18.1 Å². The third kappa shape index (κ3) is 2.44. The molecule has 1 saturated carbocycles. The minimum Gasteiger partial charge on any atom is -0.391 e. The Morgan fingerprint density at radius 2 is 2.15 bits per heavy atom. The molecule has 3 rings (SSSR count). The summed E-state index contributed by atoms with van der Waals surface area (Å²) in [4.78, 5) is 7.11. The maximum absolute atomic E-state index is 12.5. The van der Waals surface area contributed by atoms with E-state index < -0.39 is 22.2 Å². The zero-order chi connectivity index (χ0) is 14.2. The van der Waals surface area contributed by atoms with Crippen LogP contribution in [0, 0.1) is 0 Å². The van der Waals surface area contributed by atoms with Gasteiger partial charge in [0.15, 0.2) is 0 Å². The first-order valence-corrected chi connectivity index (χ1v) is 8.19. The zero-order valence-corrected chi connectivity index (χ0v) is 11.7. The van der Waals surface area contributed by atoms with Crippen LogP contribution in [0.2, 0.25) is 0 Å². The molecule has 1 fully saturated rings. The average molecular weight is 295 g/mol. The summed E-state index contributed by atoms with van der Waals surface area (Å²) < 4.78 is 27.5. The number of rotatable bonds is 3. The SMILES string of the molecule is O=S(=O)(N[C@H]1CCCC[C@@H]1O)c1c[nH]c2ncccc12. The van der Waals surface area contributed by atoms with E-state index in [1.165, 1.54) is 6.20 Å². The van der Waals surface area contributed by atoms with E-state index in [0.29, 0.717) is 23.9 Å². The Morgan fingerprint density at radius 3 is 2.95 bits per heavy atom. The molecule has 2 aromatic rings. The molecule has 0 spiro atoms. The third-order valence-electron chi connectivity index (χ3n) is 3.74. The van der Waals surface area contributed by atoms with Gasteiger partial charge in [-0.1, -0.05) is 12.8 Å². The van der Waals surface area contributed by atoms with Crippen molar-refractivity contribution in [3.63, 3.8) is 0 Å². The van der Waals surface area contributed by atoms with Gasteiger partial charge in [-0.2, -0.15) is 0 Å². The maximum Gasteiger partial charge on any atom is 0.243 e. The first-order valence-electron chi connectivity index (χ1n) is 6.70.